The van der Waals surface area contributed by atoms with E-state index in [4.69, 9.17) is 4.74 Å². The molecule has 0 saturated carbocycles. The molecule has 0 aromatic heterocycles. The molecule has 1 aromatic rings. The second-order valence-corrected chi connectivity index (χ2v) is 5.83. The summed E-state index contributed by atoms with van der Waals surface area (Å²) in [6, 6.07) is 5.28. The van der Waals surface area contributed by atoms with Gasteiger partial charge in [-0.3, -0.25) is 4.79 Å². The van der Waals surface area contributed by atoms with Crippen LogP contribution < -0.4 is 5.32 Å². The van der Waals surface area contributed by atoms with Crippen molar-refractivity contribution in [2.75, 3.05) is 12.4 Å². The first-order valence-electron chi connectivity index (χ1n) is 6.22. The molecule has 0 saturated heterocycles. The minimum absolute atomic E-state index is 0.0970. The molecule has 0 aliphatic carbocycles. The summed E-state index contributed by atoms with van der Waals surface area (Å²) in [5.41, 5.74) is 1.71. The number of carbonyl (C=O) groups is 2. The lowest BCUT2D eigenvalue weighted by Gasteiger charge is -2.18. The Kier molecular flexibility index (Phi) is 4.70. The number of anilines is 1. The lowest BCUT2D eigenvalue weighted by Crippen LogP contribution is -2.21. The second-order valence-electron chi connectivity index (χ2n) is 5.83. The number of aryl methyl sites for hydroxylation is 1. The van der Waals surface area contributed by atoms with Gasteiger partial charge < -0.3 is 10.1 Å². The van der Waals surface area contributed by atoms with Gasteiger partial charge in [0.05, 0.1) is 18.4 Å². The molecular weight excluding hydrogens is 242 g/mol. The lowest BCUT2D eigenvalue weighted by molar-refractivity contribution is -0.117. The summed E-state index contributed by atoms with van der Waals surface area (Å²) in [5.74, 6) is -0.559. The predicted octanol–water partition coefficient (Wildman–Crippen LogP) is 3.16. The molecule has 1 rings (SSSR count). The van der Waals surface area contributed by atoms with E-state index in [-0.39, 0.29) is 11.3 Å². The number of methoxy groups -OCH3 is 1. The van der Waals surface area contributed by atoms with Gasteiger partial charge in [-0.1, -0.05) is 32.4 Å². The summed E-state index contributed by atoms with van der Waals surface area (Å²) in [6.07, 6.45) is 0.390. The summed E-state index contributed by atoms with van der Waals surface area (Å²) in [4.78, 5) is 23.6. The average Bonchev–Trinajstić information content (AvgIpc) is 2.28. The minimum Gasteiger partial charge on any atom is -0.465 e. The Labute approximate surface area is 114 Å². The first-order chi connectivity index (χ1) is 8.73. The Morgan fingerprint density at radius 1 is 1.26 bits per heavy atom. The van der Waals surface area contributed by atoms with Gasteiger partial charge in [0.25, 0.3) is 0 Å². The van der Waals surface area contributed by atoms with Gasteiger partial charge in [-0.05, 0) is 24.5 Å². The van der Waals surface area contributed by atoms with Crippen LogP contribution in [0.3, 0.4) is 0 Å². The van der Waals surface area contributed by atoms with Crippen LogP contribution >= 0.6 is 0 Å². The highest BCUT2D eigenvalue weighted by molar-refractivity contribution is 6.01. The maximum absolute atomic E-state index is 11.9. The van der Waals surface area contributed by atoms with Crippen molar-refractivity contribution in [1.82, 2.24) is 0 Å². The van der Waals surface area contributed by atoms with Crippen LogP contribution in [0.4, 0.5) is 5.69 Å². The van der Waals surface area contributed by atoms with Crippen LogP contribution in [0.2, 0.25) is 0 Å². The molecule has 0 radical (unpaired) electrons. The fraction of sp³-hybridized carbons (Fsp3) is 0.467. The molecule has 0 fully saturated rings. The third kappa shape index (κ3) is 4.73. The topological polar surface area (TPSA) is 55.4 Å². The molecule has 104 valence electrons. The predicted molar refractivity (Wildman–Crippen MR) is 75.2 cm³/mol. The molecule has 1 N–H and O–H groups in total. The molecule has 1 aromatic carbocycles. The lowest BCUT2D eigenvalue weighted by atomic mass is 9.92. The van der Waals surface area contributed by atoms with Gasteiger partial charge in [0, 0.05) is 6.42 Å². The molecule has 4 nitrogen and oxygen atoms in total. The van der Waals surface area contributed by atoms with Crippen LogP contribution in [-0.4, -0.2) is 19.0 Å². The van der Waals surface area contributed by atoms with Crippen molar-refractivity contribution in [2.45, 2.75) is 34.1 Å². The summed E-state index contributed by atoms with van der Waals surface area (Å²) in [6.45, 7) is 7.85. The molecule has 0 atom stereocenters. The number of hydrogen-bond acceptors (Lipinski definition) is 3. The van der Waals surface area contributed by atoms with E-state index in [2.05, 4.69) is 5.32 Å². The van der Waals surface area contributed by atoms with E-state index in [1.54, 1.807) is 12.1 Å². The Morgan fingerprint density at radius 3 is 2.42 bits per heavy atom. The molecule has 4 heteroatoms. The Hall–Kier alpha value is -1.84. The monoisotopic (exact) mass is 263 g/mol. The molecule has 1 amide bonds. The van der Waals surface area contributed by atoms with Crippen LogP contribution in [0.15, 0.2) is 18.2 Å². The smallest absolute Gasteiger partial charge is 0.339 e. The molecule has 0 bridgehead atoms. The second kappa shape index (κ2) is 5.87. The molecule has 19 heavy (non-hydrogen) atoms. The highest BCUT2D eigenvalue weighted by Crippen LogP contribution is 2.22. The summed E-state index contributed by atoms with van der Waals surface area (Å²) >= 11 is 0. The van der Waals surface area contributed by atoms with E-state index >= 15 is 0 Å². The standard InChI is InChI=1S/C15H21NO3/c1-10-6-7-12(11(8-10)14(18)19-5)16-13(17)9-15(2,3)4/h6-8H,9H2,1-5H3,(H,16,17). The van der Waals surface area contributed by atoms with E-state index < -0.39 is 5.97 Å². The molecular formula is C15H21NO3. The number of carbonyl (C=O) groups excluding carboxylic acids is 2. The maximum Gasteiger partial charge on any atom is 0.339 e. The zero-order valence-electron chi connectivity index (χ0n) is 12.2. The van der Waals surface area contributed by atoms with Gasteiger partial charge in [-0.25, -0.2) is 4.79 Å². The normalized spacial score (nSPS) is 11.0. The summed E-state index contributed by atoms with van der Waals surface area (Å²) < 4.78 is 4.72. The van der Waals surface area contributed by atoms with E-state index in [0.717, 1.165) is 5.56 Å². The zero-order valence-corrected chi connectivity index (χ0v) is 12.2. The van der Waals surface area contributed by atoms with Gasteiger partial charge in [-0.15, -0.1) is 0 Å². The first kappa shape index (κ1) is 15.2. The highest BCUT2D eigenvalue weighted by Gasteiger charge is 2.18. The fourth-order valence-corrected chi connectivity index (χ4v) is 1.72. The third-order valence-electron chi connectivity index (χ3n) is 2.55. The van der Waals surface area contributed by atoms with Crippen molar-refractivity contribution in [3.05, 3.63) is 29.3 Å². The molecule has 0 spiro atoms. The van der Waals surface area contributed by atoms with Crippen molar-refractivity contribution >= 4 is 17.6 Å². The fourth-order valence-electron chi connectivity index (χ4n) is 1.72. The quantitative estimate of drug-likeness (QED) is 0.852. The molecule has 0 aliphatic heterocycles. The average molecular weight is 263 g/mol. The maximum atomic E-state index is 11.9. The Balaban J connectivity index is 2.95. The molecule has 0 aliphatic rings. The van der Waals surface area contributed by atoms with Crippen LogP contribution in [0, 0.1) is 12.3 Å². The van der Waals surface area contributed by atoms with Crippen LogP contribution in [0.1, 0.15) is 43.1 Å². The van der Waals surface area contributed by atoms with Crippen molar-refractivity contribution in [3.8, 4) is 0 Å². The summed E-state index contributed by atoms with van der Waals surface area (Å²) in [5, 5.41) is 2.77. The van der Waals surface area contributed by atoms with Crippen molar-refractivity contribution in [2.24, 2.45) is 5.41 Å². The molecule has 0 heterocycles. The van der Waals surface area contributed by atoms with E-state index in [1.807, 2.05) is 33.8 Å². The van der Waals surface area contributed by atoms with Crippen LogP contribution in [0.25, 0.3) is 0 Å². The Morgan fingerprint density at radius 2 is 1.89 bits per heavy atom. The van der Waals surface area contributed by atoms with Crippen LogP contribution in [-0.2, 0) is 9.53 Å². The van der Waals surface area contributed by atoms with Crippen molar-refractivity contribution in [3.63, 3.8) is 0 Å². The molecule has 0 unspecified atom stereocenters. The third-order valence-corrected chi connectivity index (χ3v) is 2.55. The largest absolute Gasteiger partial charge is 0.465 e. The van der Waals surface area contributed by atoms with Gasteiger partial charge in [0.1, 0.15) is 0 Å². The number of amides is 1. The van der Waals surface area contributed by atoms with Gasteiger partial charge in [-0.2, -0.15) is 0 Å². The number of hydrogen-bond donors (Lipinski definition) is 1. The van der Waals surface area contributed by atoms with E-state index in [1.165, 1.54) is 7.11 Å². The Bertz CT molecular complexity index is 487. The summed E-state index contributed by atoms with van der Waals surface area (Å²) in [7, 11) is 1.32. The van der Waals surface area contributed by atoms with Crippen molar-refractivity contribution < 1.29 is 14.3 Å². The van der Waals surface area contributed by atoms with Gasteiger partial charge >= 0.3 is 5.97 Å². The number of ether oxygens (including phenoxy) is 1. The zero-order chi connectivity index (χ0) is 14.6. The van der Waals surface area contributed by atoms with Gasteiger partial charge in [0.2, 0.25) is 5.91 Å². The SMILES string of the molecule is COC(=O)c1cc(C)ccc1NC(=O)CC(C)(C)C. The van der Waals surface area contributed by atoms with E-state index in [9.17, 15) is 9.59 Å². The van der Waals surface area contributed by atoms with Gasteiger partial charge in [0.15, 0.2) is 0 Å². The van der Waals surface area contributed by atoms with Crippen molar-refractivity contribution in [1.29, 1.82) is 0 Å². The first-order valence-corrected chi connectivity index (χ1v) is 6.22. The van der Waals surface area contributed by atoms with Crippen LogP contribution in [0.5, 0.6) is 0 Å². The number of esters is 1. The highest BCUT2D eigenvalue weighted by atomic mass is 16.5. The van der Waals surface area contributed by atoms with E-state index in [0.29, 0.717) is 17.7 Å². The number of benzene rings is 1. The number of nitrogens with one attached hydrogen (secondary N) is 1. The number of rotatable bonds is 3. The minimum atomic E-state index is -0.449.